The number of piperazine rings is 1. The third kappa shape index (κ3) is 5.11. The molecule has 0 aliphatic carbocycles. The van der Waals surface area contributed by atoms with Gasteiger partial charge in [-0.3, -0.25) is 9.88 Å². The number of hydrogen-bond donors (Lipinski definition) is 1. The molecule has 1 fully saturated rings. The van der Waals surface area contributed by atoms with E-state index < -0.39 is 0 Å². The molecule has 1 aromatic heterocycles. The summed E-state index contributed by atoms with van der Waals surface area (Å²) < 4.78 is 0. The monoisotopic (exact) mass is 361 g/mol. The molecule has 0 radical (unpaired) electrons. The molecule has 2 heterocycles. The fourth-order valence-corrected chi connectivity index (χ4v) is 2.73. The van der Waals surface area contributed by atoms with E-state index in [0.717, 1.165) is 26.2 Å². The Labute approximate surface area is 150 Å². The summed E-state index contributed by atoms with van der Waals surface area (Å²) in [7, 11) is 0. The van der Waals surface area contributed by atoms with E-state index in [0.29, 0.717) is 6.04 Å². The van der Waals surface area contributed by atoms with Crippen LogP contribution in [-0.2, 0) is 0 Å². The van der Waals surface area contributed by atoms with Crippen LogP contribution in [0, 0.1) is 0 Å². The zero-order chi connectivity index (χ0) is 12.9. The molecule has 0 saturated carbocycles. The molecule has 0 amide bonds. The van der Waals surface area contributed by atoms with Crippen LogP contribution in [0.3, 0.4) is 0 Å². The Hall–Kier alpha value is -0.840. The summed E-state index contributed by atoms with van der Waals surface area (Å²) >= 11 is 0. The smallest absolute Gasteiger partial charge is 0.0617 e. The van der Waals surface area contributed by atoms with Gasteiger partial charge in [-0.15, -0.1) is 37.2 Å². The van der Waals surface area contributed by atoms with Crippen LogP contribution in [0.5, 0.6) is 0 Å². The van der Waals surface area contributed by atoms with Gasteiger partial charge in [0, 0.05) is 38.6 Å². The number of benzene rings is 1. The molecule has 0 spiro atoms. The highest BCUT2D eigenvalue weighted by Crippen LogP contribution is 2.28. The standard InChI is InChI=1S/C16H19N3.3ClH/c1-2-5-14(6-3-1)16(15-7-4-8-18-13-15)19-11-9-17-10-12-19;;;/h1-8,13,16-17H,9-12H2;3*1H. The second-order valence-corrected chi connectivity index (χ2v) is 4.89. The summed E-state index contributed by atoms with van der Waals surface area (Å²) in [5.74, 6) is 0. The van der Waals surface area contributed by atoms with Crippen LogP contribution in [-0.4, -0.2) is 36.1 Å². The normalized spacial score (nSPS) is 15.6. The van der Waals surface area contributed by atoms with Crippen molar-refractivity contribution in [2.45, 2.75) is 6.04 Å². The fraction of sp³-hybridized carbons (Fsp3) is 0.312. The van der Waals surface area contributed by atoms with E-state index >= 15 is 0 Å². The zero-order valence-corrected chi connectivity index (χ0v) is 14.7. The fourth-order valence-electron chi connectivity index (χ4n) is 2.73. The van der Waals surface area contributed by atoms with Crippen molar-refractivity contribution in [3.8, 4) is 0 Å². The van der Waals surface area contributed by atoms with E-state index in [4.69, 9.17) is 0 Å². The number of nitrogens with zero attached hydrogens (tertiary/aromatic N) is 2. The van der Waals surface area contributed by atoms with E-state index in [9.17, 15) is 0 Å². The minimum atomic E-state index is 0. The van der Waals surface area contributed by atoms with Crippen molar-refractivity contribution < 1.29 is 0 Å². The van der Waals surface area contributed by atoms with Crippen molar-refractivity contribution in [3.05, 3.63) is 66.0 Å². The van der Waals surface area contributed by atoms with E-state index in [1.54, 1.807) is 0 Å². The maximum absolute atomic E-state index is 4.28. The molecule has 1 saturated heterocycles. The first-order chi connectivity index (χ1) is 9.45. The van der Waals surface area contributed by atoms with Gasteiger partial charge in [-0.05, 0) is 17.2 Å². The molecule has 22 heavy (non-hydrogen) atoms. The summed E-state index contributed by atoms with van der Waals surface area (Å²) in [5.41, 5.74) is 2.62. The number of rotatable bonds is 3. The van der Waals surface area contributed by atoms with Crippen molar-refractivity contribution in [1.82, 2.24) is 15.2 Å². The van der Waals surface area contributed by atoms with Crippen LogP contribution < -0.4 is 5.32 Å². The molecule has 3 nitrogen and oxygen atoms in total. The Morgan fingerprint density at radius 1 is 0.864 bits per heavy atom. The van der Waals surface area contributed by atoms with Gasteiger partial charge in [-0.1, -0.05) is 36.4 Å². The highest BCUT2D eigenvalue weighted by molar-refractivity contribution is 5.86. The maximum atomic E-state index is 4.28. The van der Waals surface area contributed by atoms with Crippen molar-refractivity contribution in [2.24, 2.45) is 0 Å². The highest BCUT2D eigenvalue weighted by atomic mass is 35.5. The first-order valence-electron chi connectivity index (χ1n) is 6.85. The number of nitrogens with one attached hydrogen (secondary N) is 1. The summed E-state index contributed by atoms with van der Waals surface area (Å²) in [4.78, 5) is 6.81. The van der Waals surface area contributed by atoms with E-state index in [-0.39, 0.29) is 37.2 Å². The van der Waals surface area contributed by atoms with Crippen molar-refractivity contribution >= 4 is 37.2 Å². The lowest BCUT2D eigenvalue weighted by Gasteiger charge is -2.35. The van der Waals surface area contributed by atoms with Crippen molar-refractivity contribution in [2.75, 3.05) is 26.2 Å². The predicted octanol–water partition coefficient (Wildman–Crippen LogP) is 3.34. The summed E-state index contributed by atoms with van der Waals surface area (Å²) in [6.45, 7) is 4.27. The number of hydrogen-bond acceptors (Lipinski definition) is 3. The average Bonchev–Trinajstić information content (AvgIpc) is 2.51. The van der Waals surface area contributed by atoms with E-state index in [2.05, 4.69) is 51.6 Å². The molecule has 1 N–H and O–H groups in total. The number of halogens is 3. The molecule has 3 rings (SSSR count). The first-order valence-corrected chi connectivity index (χ1v) is 6.85. The SMILES string of the molecule is Cl.Cl.Cl.c1ccc(C(c2cccnc2)N2CCNCC2)cc1. The van der Waals surface area contributed by atoms with Crippen LogP contribution in [0.1, 0.15) is 17.2 Å². The molecule has 6 heteroatoms. The third-order valence-electron chi connectivity index (χ3n) is 3.63. The maximum Gasteiger partial charge on any atom is 0.0617 e. The Kier molecular flexibility index (Phi) is 10.4. The molecule has 2 aromatic rings. The van der Waals surface area contributed by atoms with Crippen LogP contribution in [0.15, 0.2) is 54.9 Å². The van der Waals surface area contributed by atoms with Crippen LogP contribution in [0.4, 0.5) is 0 Å². The molecule has 1 unspecified atom stereocenters. The quantitative estimate of drug-likeness (QED) is 0.907. The van der Waals surface area contributed by atoms with E-state index in [1.807, 2.05) is 18.5 Å². The molecule has 1 aromatic carbocycles. The van der Waals surface area contributed by atoms with Crippen LogP contribution in [0.2, 0.25) is 0 Å². The Morgan fingerprint density at radius 3 is 2.09 bits per heavy atom. The van der Waals surface area contributed by atoms with Gasteiger partial charge in [0.25, 0.3) is 0 Å². The average molecular weight is 363 g/mol. The van der Waals surface area contributed by atoms with Gasteiger partial charge >= 0.3 is 0 Å². The van der Waals surface area contributed by atoms with Gasteiger partial charge in [0.15, 0.2) is 0 Å². The lowest BCUT2D eigenvalue weighted by Crippen LogP contribution is -2.45. The number of aromatic nitrogens is 1. The van der Waals surface area contributed by atoms with Crippen molar-refractivity contribution in [1.29, 1.82) is 0 Å². The number of pyridine rings is 1. The Morgan fingerprint density at radius 2 is 1.50 bits per heavy atom. The Bertz CT molecular complexity index is 465. The second kappa shape index (κ2) is 10.8. The molecule has 1 aliphatic heterocycles. The molecule has 122 valence electrons. The molecule has 1 aliphatic rings. The third-order valence-corrected chi connectivity index (χ3v) is 3.63. The second-order valence-electron chi connectivity index (χ2n) is 4.89. The first kappa shape index (κ1) is 21.2. The van der Waals surface area contributed by atoms with Gasteiger partial charge in [0.2, 0.25) is 0 Å². The van der Waals surface area contributed by atoms with Gasteiger partial charge < -0.3 is 5.32 Å². The van der Waals surface area contributed by atoms with Crippen LogP contribution >= 0.6 is 37.2 Å². The largest absolute Gasteiger partial charge is 0.314 e. The van der Waals surface area contributed by atoms with E-state index in [1.165, 1.54) is 11.1 Å². The minimum Gasteiger partial charge on any atom is -0.314 e. The predicted molar refractivity (Wildman–Crippen MR) is 98.7 cm³/mol. The zero-order valence-electron chi connectivity index (χ0n) is 12.2. The van der Waals surface area contributed by atoms with Crippen molar-refractivity contribution in [3.63, 3.8) is 0 Å². The Balaban J connectivity index is 0.00000147. The van der Waals surface area contributed by atoms with Gasteiger partial charge in [0.05, 0.1) is 6.04 Å². The summed E-state index contributed by atoms with van der Waals surface area (Å²) in [5, 5.41) is 3.42. The minimum absolute atomic E-state index is 0. The van der Waals surface area contributed by atoms with Gasteiger partial charge in [0.1, 0.15) is 0 Å². The van der Waals surface area contributed by atoms with Gasteiger partial charge in [-0.2, -0.15) is 0 Å². The lowest BCUT2D eigenvalue weighted by molar-refractivity contribution is 0.198. The molecular formula is C16H22Cl3N3. The molecule has 0 bridgehead atoms. The lowest BCUT2D eigenvalue weighted by atomic mass is 9.98. The molecular weight excluding hydrogens is 341 g/mol. The highest BCUT2D eigenvalue weighted by Gasteiger charge is 2.23. The summed E-state index contributed by atoms with van der Waals surface area (Å²) in [6, 6.07) is 15.2. The van der Waals surface area contributed by atoms with Crippen LogP contribution in [0.25, 0.3) is 0 Å². The topological polar surface area (TPSA) is 28.2 Å². The molecule has 1 atom stereocenters. The van der Waals surface area contributed by atoms with Gasteiger partial charge in [-0.25, -0.2) is 0 Å². The summed E-state index contributed by atoms with van der Waals surface area (Å²) in [6.07, 6.45) is 3.82.